The van der Waals surface area contributed by atoms with Gasteiger partial charge in [0.15, 0.2) is 0 Å². The molecule has 2 rings (SSSR count). The van der Waals surface area contributed by atoms with Gasteiger partial charge in [0.05, 0.1) is 5.69 Å². The van der Waals surface area contributed by atoms with E-state index < -0.39 is 11.8 Å². The number of amides is 2. The van der Waals surface area contributed by atoms with Crippen molar-refractivity contribution in [1.82, 2.24) is 15.1 Å². The Morgan fingerprint density at radius 1 is 1.41 bits per heavy atom. The van der Waals surface area contributed by atoms with Crippen molar-refractivity contribution in [2.75, 3.05) is 5.32 Å². The van der Waals surface area contributed by atoms with Crippen molar-refractivity contribution in [1.29, 1.82) is 0 Å². The highest BCUT2D eigenvalue weighted by molar-refractivity contribution is 7.07. The third kappa shape index (κ3) is 4.17. The normalized spacial score (nSPS) is 12.0. The lowest BCUT2D eigenvalue weighted by molar-refractivity contribution is -0.136. The molecule has 0 bridgehead atoms. The number of anilines is 1. The molecule has 0 aliphatic rings. The summed E-state index contributed by atoms with van der Waals surface area (Å²) in [5, 5.41) is 13.5. The highest BCUT2D eigenvalue weighted by Crippen LogP contribution is 2.10. The first-order valence-corrected chi connectivity index (χ1v) is 8.09. The zero-order valence-corrected chi connectivity index (χ0v) is 13.7. The molecule has 0 saturated carbocycles. The van der Waals surface area contributed by atoms with Gasteiger partial charge < -0.3 is 10.6 Å². The molecule has 0 radical (unpaired) electrons. The number of aromatic nitrogens is 2. The minimum atomic E-state index is -0.678. The highest BCUT2D eigenvalue weighted by atomic mass is 32.1. The number of carbonyl (C=O) groups excluding carboxylic acids is 2. The summed E-state index contributed by atoms with van der Waals surface area (Å²) in [6, 6.07) is 3.67. The van der Waals surface area contributed by atoms with Gasteiger partial charge in [-0.3, -0.25) is 14.3 Å². The van der Waals surface area contributed by atoms with Crippen LogP contribution in [-0.4, -0.2) is 27.6 Å². The fourth-order valence-corrected chi connectivity index (χ4v) is 2.77. The van der Waals surface area contributed by atoms with Crippen LogP contribution in [-0.2, 0) is 29.5 Å². The Morgan fingerprint density at radius 2 is 2.18 bits per heavy atom. The maximum Gasteiger partial charge on any atom is 0.314 e. The average molecular weight is 320 g/mol. The van der Waals surface area contributed by atoms with E-state index in [0.717, 1.165) is 17.7 Å². The third-order valence-corrected chi connectivity index (χ3v) is 3.97. The van der Waals surface area contributed by atoms with Gasteiger partial charge in [-0.05, 0) is 42.2 Å². The van der Waals surface area contributed by atoms with Crippen LogP contribution in [0.1, 0.15) is 25.1 Å². The highest BCUT2D eigenvalue weighted by Gasteiger charge is 2.18. The van der Waals surface area contributed by atoms with Gasteiger partial charge >= 0.3 is 11.8 Å². The Bertz CT molecular complexity index is 649. The Hall–Kier alpha value is -2.15. The fraction of sp³-hybridized carbons (Fsp3) is 0.400. The monoisotopic (exact) mass is 320 g/mol. The largest absolute Gasteiger partial charge is 0.345 e. The van der Waals surface area contributed by atoms with Crippen molar-refractivity contribution in [3.63, 3.8) is 0 Å². The molecule has 1 atom stereocenters. The maximum absolute atomic E-state index is 11.9. The topological polar surface area (TPSA) is 76.0 Å². The van der Waals surface area contributed by atoms with Crippen LogP contribution in [0.25, 0.3) is 0 Å². The molecule has 118 valence electrons. The molecule has 7 heteroatoms. The van der Waals surface area contributed by atoms with E-state index >= 15 is 0 Å². The predicted molar refractivity (Wildman–Crippen MR) is 86.8 cm³/mol. The molecule has 2 amide bonds. The first-order valence-electron chi connectivity index (χ1n) is 7.15. The standard InChI is InChI=1S/C15H20N4O2S/c1-4-12-8-13(19(3)18-12)17-15(21)14(20)16-10(2)7-11-5-6-22-9-11/h5-6,8-10H,4,7H2,1-3H3,(H,16,20)(H,17,21)/t10-/m0/s1. The number of nitrogens with zero attached hydrogens (tertiary/aromatic N) is 2. The lowest BCUT2D eigenvalue weighted by atomic mass is 10.1. The summed E-state index contributed by atoms with van der Waals surface area (Å²) in [7, 11) is 1.73. The van der Waals surface area contributed by atoms with Gasteiger partial charge in [-0.15, -0.1) is 0 Å². The molecule has 6 nitrogen and oxygen atoms in total. The SMILES string of the molecule is CCc1cc(NC(=O)C(=O)N[C@@H](C)Cc2ccsc2)n(C)n1. The second kappa shape index (κ2) is 7.22. The number of hydrogen-bond acceptors (Lipinski definition) is 4. The Labute approximate surface area is 133 Å². The number of thiophene rings is 1. The molecule has 0 spiro atoms. The summed E-state index contributed by atoms with van der Waals surface area (Å²) in [5.41, 5.74) is 2.02. The first-order chi connectivity index (χ1) is 10.5. The lowest BCUT2D eigenvalue weighted by Gasteiger charge is -2.12. The van der Waals surface area contributed by atoms with Crippen LogP contribution in [0.4, 0.5) is 5.82 Å². The van der Waals surface area contributed by atoms with E-state index in [1.165, 1.54) is 0 Å². The molecule has 0 unspecified atom stereocenters. The van der Waals surface area contributed by atoms with Crippen molar-refractivity contribution in [3.8, 4) is 0 Å². The average Bonchev–Trinajstić information content (AvgIpc) is 3.09. The Balaban J connectivity index is 1.88. The maximum atomic E-state index is 11.9. The van der Waals surface area contributed by atoms with Gasteiger partial charge in [0.25, 0.3) is 0 Å². The molecule has 2 aromatic heterocycles. The molecular weight excluding hydrogens is 300 g/mol. The van der Waals surface area contributed by atoms with E-state index in [1.54, 1.807) is 29.1 Å². The zero-order valence-electron chi connectivity index (χ0n) is 12.9. The van der Waals surface area contributed by atoms with Gasteiger partial charge in [-0.2, -0.15) is 16.4 Å². The van der Waals surface area contributed by atoms with Crippen molar-refractivity contribution in [2.24, 2.45) is 7.05 Å². The van der Waals surface area contributed by atoms with Crippen LogP contribution in [0.2, 0.25) is 0 Å². The number of aryl methyl sites for hydroxylation is 2. The van der Waals surface area contributed by atoms with Crippen molar-refractivity contribution in [3.05, 3.63) is 34.2 Å². The third-order valence-electron chi connectivity index (χ3n) is 3.24. The molecule has 2 heterocycles. The molecule has 0 aliphatic heterocycles. The summed E-state index contributed by atoms with van der Waals surface area (Å²) in [6.07, 6.45) is 1.47. The molecule has 0 fully saturated rings. The molecular formula is C15H20N4O2S. The van der Waals surface area contributed by atoms with Crippen LogP contribution in [0.5, 0.6) is 0 Å². The second-order valence-electron chi connectivity index (χ2n) is 5.16. The van der Waals surface area contributed by atoms with Crippen LogP contribution in [0, 0.1) is 0 Å². The summed E-state index contributed by atoms with van der Waals surface area (Å²) in [4.78, 5) is 23.9. The van der Waals surface area contributed by atoms with Gasteiger partial charge in [0.1, 0.15) is 5.82 Å². The zero-order chi connectivity index (χ0) is 16.1. The van der Waals surface area contributed by atoms with Gasteiger partial charge in [0.2, 0.25) is 0 Å². The van der Waals surface area contributed by atoms with E-state index in [0.29, 0.717) is 12.2 Å². The number of carbonyl (C=O) groups is 2. The fourth-order valence-electron chi connectivity index (χ4n) is 2.09. The van der Waals surface area contributed by atoms with Gasteiger partial charge in [0, 0.05) is 19.2 Å². The first kappa shape index (κ1) is 16.2. The van der Waals surface area contributed by atoms with Crippen LogP contribution in [0.15, 0.2) is 22.9 Å². The molecule has 0 saturated heterocycles. The molecule has 22 heavy (non-hydrogen) atoms. The molecule has 0 aliphatic carbocycles. The molecule has 2 aromatic rings. The van der Waals surface area contributed by atoms with E-state index in [9.17, 15) is 9.59 Å². The van der Waals surface area contributed by atoms with E-state index in [1.807, 2.05) is 30.7 Å². The lowest BCUT2D eigenvalue weighted by Crippen LogP contribution is -2.41. The van der Waals surface area contributed by atoms with Gasteiger partial charge in [-0.25, -0.2) is 0 Å². The van der Waals surface area contributed by atoms with E-state index in [-0.39, 0.29) is 6.04 Å². The van der Waals surface area contributed by atoms with Crippen molar-refractivity contribution < 1.29 is 9.59 Å². The summed E-state index contributed by atoms with van der Waals surface area (Å²) >= 11 is 1.61. The smallest absolute Gasteiger partial charge is 0.314 e. The number of hydrogen-bond donors (Lipinski definition) is 2. The summed E-state index contributed by atoms with van der Waals surface area (Å²) in [6.45, 7) is 3.86. The minimum absolute atomic E-state index is 0.106. The number of rotatable bonds is 5. The second-order valence-corrected chi connectivity index (χ2v) is 5.94. The van der Waals surface area contributed by atoms with Crippen LogP contribution < -0.4 is 10.6 Å². The minimum Gasteiger partial charge on any atom is -0.345 e. The Morgan fingerprint density at radius 3 is 2.77 bits per heavy atom. The van der Waals surface area contributed by atoms with E-state index in [2.05, 4.69) is 15.7 Å². The van der Waals surface area contributed by atoms with E-state index in [4.69, 9.17) is 0 Å². The Kier molecular flexibility index (Phi) is 5.32. The van der Waals surface area contributed by atoms with Crippen LogP contribution >= 0.6 is 11.3 Å². The van der Waals surface area contributed by atoms with Crippen LogP contribution in [0.3, 0.4) is 0 Å². The summed E-state index contributed by atoms with van der Waals surface area (Å²) in [5.74, 6) is -0.799. The van der Waals surface area contributed by atoms with Crippen molar-refractivity contribution >= 4 is 29.0 Å². The molecule has 2 N–H and O–H groups in total. The summed E-state index contributed by atoms with van der Waals surface area (Å²) < 4.78 is 1.55. The quantitative estimate of drug-likeness (QED) is 0.824. The molecule has 0 aromatic carbocycles. The van der Waals surface area contributed by atoms with Crippen molar-refractivity contribution in [2.45, 2.75) is 32.7 Å². The predicted octanol–water partition coefficient (Wildman–Crippen LogP) is 1.73. The number of nitrogens with one attached hydrogen (secondary N) is 2. The van der Waals surface area contributed by atoms with Gasteiger partial charge in [-0.1, -0.05) is 6.92 Å².